The van der Waals surface area contributed by atoms with Gasteiger partial charge < -0.3 is 0 Å². The summed E-state index contributed by atoms with van der Waals surface area (Å²) in [4.78, 5) is 0. The second-order valence-electron chi connectivity index (χ2n) is 8.45. The zero-order valence-corrected chi connectivity index (χ0v) is 19.0. The molecule has 0 saturated carbocycles. The number of nitrogens with zero attached hydrogens (tertiary/aromatic N) is 2. The first kappa shape index (κ1) is 24.2. The molecule has 1 rings (SSSR count). The summed E-state index contributed by atoms with van der Waals surface area (Å²) >= 11 is 0. The monoisotopic (exact) mass is 377 g/mol. The average Bonchev–Trinajstić information content (AvgIpc) is 3.05. The highest BCUT2D eigenvalue weighted by Crippen LogP contribution is 2.13. The molecule has 0 unspecified atom stereocenters. The lowest BCUT2D eigenvalue weighted by Crippen LogP contribution is -2.37. The van der Waals surface area contributed by atoms with Crippen LogP contribution in [0.4, 0.5) is 0 Å². The highest BCUT2D eigenvalue weighted by molar-refractivity contribution is 4.84. The molecule has 0 radical (unpaired) electrons. The minimum Gasteiger partial charge on any atom is -0.234 e. The molecule has 0 bridgehead atoms. The van der Waals surface area contributed by atoms with Crippen LogP contribution in [0.3, 0.4) is 0 Å². The van der Waals surface area contributed by atoms with E-state index < -0.39 is 0 Å². The maximum Gasteiger partial charge on any atom is 0.256 e. The third-order valence-electron chi connectivity index (χ3n) is 5.81. The Kier molecular flexibility index (Phi) is 15.6. The number of hydrogen-bond donors (Lipinski definition) is 0. The fourth-order valence-corrected chi connectivity index (χ4v) is 4.09. The van der Waals surface area contributed by atoms with Crippen molar-refractivity contribution in [2.45, 2.75) is 143 Å². The average molecular weight is 378 g/mol. The number of rotatable bonds is 19. The molecule has 0 amide bonds. The molecule has 158 valence electrons. The first-order valence-electron chi connectivity index (χ1n) is 12.4. The van der Waals surface area contributed by atoms with E-state index in [2.05, 4.69) is 42.3 Å². The molecule has 0 N–H and O–H groups in total. The van der Waals surface area contributed by atoms with Crippen LogP contribution in [-0.2, 0) is 19.5 Å². The second-order valence-corrected chi connectivity index (χ2v) is 8.45. The topological polar surface area (TPSA) is 8.81 Å². The van der Waals surface area contributed by atoms with Crippen molar-refractivity contribution in [3.63, 3.8) is 0 Å². The molecule has 0 saturated heterocycles. The zero-order valence-electron chi connectivity index (χ0n) is 19.0. The van der Waals surface area contributed by atoms with Gasteiger partial charge >= 0.3 is 0 Å². The Morgan fingerprint density at radius 3 is 1.70 bits per heavy atom. The first-order chi connectivity index (χ1) is 13.3. The SMILES string of the molecule is CCCCCCCCCCCCCCn1cc[n+](CCC)c1CCCCC. The van der Waals surface area contributed by atoms with Crippen molar-refractivity contribution in [2.24, 2.45) is 0 Å². The Hall–Kier alpha value is -0.790. The van der Waals surface area contributed by atoms with Gasteiger partial charge in [0.2, 0.25) is 0 Å². The Labute approximate surface area is 170 Å². The van der Waals surface area contributed by atoms with E-state index in [4.69, 9.17) is 0 Å². The van der Waals surface area contributed by atoms with Gasteiger partial charge in [-0.25, -0.2) is 9.13 Å². The van der Waals surface area contributed by atoms with Gasteiger partial charge in [-0.1, -0.05) is 97.8 Å². The molecule has 27 heavy (non-hydrogen) atoms. The minimum absolute atomic E-state index is 1.17. The van der Waals surface area contributed by atoms with Crippen molar-refractivity contribution in [1.29, 1.82) is 0 Å². The maximum atomic E-state index is 2.54. The molecule has 0 spiro atoms. The second kappa shape index (κ2) is 17.3. The lowest BCUT2D eigenvalue weighted by Gasteiger charge is -2.05. The summed E-state index contributed by atoms with van der Waals surface area (Å²) in [5.41, 5.74) is 0. The highest BCUT2D eigenvalue weighted by atomic mass is 15.1. The molecule has 1 aromatic heterocycles. The summed E-state index contributed by atoms with van der Waals surface area (Å²) in [6.45, 7) is 9.27. The van der Waals surface area contributed by atoms with Crippen molar-refractivity contribution >= 4 is 0 Å². The molecule has 0 fully saturated rings. The Morgan fingerprint density at radius 1 is 0.630 bits per heavy atom. The van der Waals surface area contributed by atoms with Gasteiger partial charge in [0.1, 0.15) is 12.4 Å². The normalized spacial score (nSPS) is 11.4. The predicted molar refractivity (Wildman–Crippen MR) is 119 cm³/mol. The van der Waals surface area contributed by atoms with Crippen LogP contribution in [0, 0.1) is 0 Å². The van der Waals surface area contributed by atoms with Crippen molar-refractivity contribution in [3.8, 4) is 0 Å². The number of unbranched alkanes of at least 4 members (excludes halogenated alkanes) is 13. The molecular weight excluding hydrogens is 328 g/mol. The summed E-state index contributed by atoms with van der Waals surface area (Å²) in [5, 5.41) is 0. The van der Waals surface area contributed by atoms with Crippen molar-refractivity contribution in [2.75, 3.05) is 0 Å². The molecule has 0 aromatic carbocycles. The Morgan fingerprint density at radius 2 is 1.15 bits per heavy atom. The third kappa shape index (κ3) is 11.6. The van der Waals surface area contributed by atoms with Gasteiger partial charge in [0, 0.05) is 6.42 Å². The van der Waals surface area contributed by atoms with E-state index in [0.717, 1.165) is 0 Å². The standard InChI is InChI=1S/C25H49N2/c1-4-7-9-10-11-12-13-14-15-16-17-19-22-27-24-23-26(21-6-3)25(27)20-18-8-5-2/h23-24H,4-22H2,1-3H3/q+1. The molecule has 0 aliphatic rings. The zero-order chi connectivity index (χ0) is 19.6. The number of aromatic nitrogens is 2. The van der Waals surface area contributed by atoms with Crippen molar-refractivity contribution < 1.29 is 4.57 Å². The minimum atomic E-state index is 1.17. The third-order valence-corrected chi connectivity index (χ3v) is 5.81. The lowest BCUT2D eigenvalue weighted by atomic mass is 10.1. The smallest absolute Gasteiger partial charge is 0.234 e. The fraction of sp³-hybridized carbons (Fsp3) is 0.880. The fourth-order valence-electron chi connectivity index (χ4n) is 4.09. The van der Waals surface area contributed by atoms with Crippen LogP contribution in [0.25, 0.3) is 0 Å². The molecule has 2 nitrogen and oxygen atoms in total. The number of hydrogen-bond acceptors (Lipinski definition) is 0. The van der Waals surface area contributed by atoms with Gasteiger partial charge in [-0.2, -0.15) is 0 Å². The van der Waals surface area contributed by atoms with Crippen LogP contribution in [0.2, 0.25) is 0 Å². The quantitative estimate of drug-likeness (QED) is 0.173. The predicted octanol–water partition coefficient (Wildman–Crippen LogP) is 7.62. The summed E-state index contributed by atoms with van der Waals surface area (Å²) < 4.78 is 5.04. The van der Waals surface area contributed by atoms with Crippen LogP contribution < -0.4 is 4.57 Å². The molecule has 2 heteroatoms. The summed E-state index contributed by atoms with van der Waals surface area (Å²) in [5.74, 6) is 1.56. The molecule has 1 heterocycles. The van der Waals surface area contributed by atoms with E-state index in [1.54, 1.807) is 5.82 Å². The van der Waals surface area contributed by atoms with Crippen LogP contribution in [0.5, 0.6) is 0 Å². The summed E-state index contributed by atoms with van der Waals surface area (Å²) in [7, 11) is 0. The van der Waals surface area contributed by atoms with Gasteiger partial charge in [-0.3, -0.25) is 0 Å². The Bertz CT molecular complexity index is 436. The van der Waals surface area contributed by atoms with Gasteiger partial charge in [0.05, 0.1) is 13.1 Å². The van der Waals surface area contributed by atoms with E-state index in [9.17, 15) is 0 Å². The molecule has 0 aliphatic heterocycles. The molecule has 0 atom stereocenters. The van der Waals surface area contributed by atoms with Gasteiger partial charge in [-0.15, -0.1) is 0 Å². The summed E-state index contributed by atoms with van der Waals surface area (Å²) in [6, 6.07) is 0. The van der Waals surface area contributed by atoms with Crippen molar-refractivity contribution in [3.05, 3.63) is 18.2 Å². The lowest BCUT2D eigenvalue weighted by molar-refractivity contribution is -0.703. The van der Waals surface area contributed by atoms with Crippen LogP contribution in [0.15, 0.2) is 12.4 Å². The molecule has 1 aromatic rings. The largest absolute Gasteiger partial charge is 0.256 e. The molecule has 0 aliphatic carbocycles. The van der Waals surface area contributed by atoms with E-state index >= 15 is 0 Å². The van der Waals surface area contributed by atoms with Crippen molar-refractivity contribution in [1.82, 2.24) is 4.57 Å². The number of aryl methyl sites for hydroxylation is 2. The van der Waals surface area contributed by atoms with Gasteiger partial charge in [0.25, 0.3) is 5.82 Å². The van der Waals surface area contributed by atoms with E-state index in [1.807, 2.05) is 0 Å². The van der Waals surface area contributed by atoms with Crippen LogP contribution >= 0.6 is 0 Å². The highest BCUT2D eigenvalue weighted by Gasteiger charge is 2.15. The van der Waals surface area contributed by atoms with Gasteiger partial charge in [-0.05, 0) is 25.7 Å². The first-order valence-corrected chi connectivity index (χ1v) is 12.4. The van der Waals surface area contributed by atoms with E-state index in [0.29, 0.717) is 0 Å². The van der Waals surface area contributed by atoms with Crippen LogP contribution in [-0.4, -0.2) is 4.57 Å². The Balaban J connectivity index is 2.11. The number of imidazole rings is 1. The molecular formula is C25H49N2+. The van der Waals surface area contributed by atoms with Gasteiger partial charge in [0.15, 0.2) is 0 Å². The van der Waals surface area contributed by atoms with Crippen LogP contribution in [0.1, 0.15) is 129 Å². The van der Waals surface area contributed by atoms with E-state index in [1.165, 1.54) is 122 Å². The summed E-state index contributed by atoms with van der Waals surface area (Å²) in [6.07, 6.45) is 28.3. The van der Waals surface area contributed by atoms with E-state index in [-0.39, 0.29) is 0 Å². The maximum absolute atomic E-state index is 2.54.